The third-order valence-corrected chi connectivity index (χ3v) is 4.86. The SMILES string of the molecule is CC(=O)N1CCC(CN=C(N)NC2CCOc3ccccc32)CC1. The number of carbonyl (C=O) groups excluding carboxylic acids is 1. The second kappa shape index (κ2) is 7.55. The van der Waals surface area contributed by atoms with Crippen molar-refractivity contribution in [3.63, 3.8) is 0 Å². The molecule has 2 aliphatic heterocycles. The zero-order valence-electron chi connectivity index (χ0n) is 14.2. The molecule has 1 unspecified atom stereocenters. The van der Waals surface area contributed by atoms with E-state index in [4.69, 9.17) is 10.5 Å². The monoisotopic (exact) mass is 330 g/mol. The van der Waals surface area contributed by atoms with Crippen LogP contribution in [0, 0.1) is 5.92 Å². The number of hydrogen-bond acceptors (Lipinski definition) is 3. The lowest BCUT2D eigenvalue weighted by atomic mass is 9.97. The van der Waals surface area contributed by atoms with E-state index in [9.17, 15) is 4.79 Å². The average Bonchev–Trinajstić information content (AvgIpc) is 2.61. The van der Waals surface area contributed by atoms with Crippen molar-refractivity contribution in [1.82, 2.24) is 10.2 Å². The molecule has 6 nitrogen and oxygen atoms in total. The molecule has 0 aromatic heterocycles. The van der Waals surface area contributed by atoms with Crippen molar-refractivity contribution < 1.29 is 9.53 Å². The summed E-state index contributed by atoms with van der Waals surface area (Å²) in [6.07, 6.45) is 2.87. The second-order valence-corrected chi connectivity index (χ2v) is 6.55. The summed E-state index contributed by atoms with van der Waals surface area (Å²) in [5.74, 6) is 2.08. The summed E-state index contributed by atoms with van der Waals surface area (Å²) in [6.45, 7) is 4.69. The van der Waals surface area contributed by atoms with Crippen molar-refractivity contribution in [3.8, 4) is 5.75 Å². The summed E-state index contributed by atoms with van der Waals surface area (Å²) in [5, 5.41) is 3.32. The number of hydrogen-bond donors (Lipinski definition) is 2. The van der Waals surface area contributed by atoms with Gasteiger partial charge in [0.05, 0.1) is 12.6 Å². The number of ether oxygens (including phenoxy) is 1. The fourth-order valence-electron chi connectivity index (χ4n) is 3.37. The maximum absolute atomic E-state index is 11.4. The minimum Gasteiger partial charge on any atom is -0.493 e. The van der Waals surface area contributed by atoms with Gasteiger partial charge in [0.2, 0.25) is 5.91 Å². The van der Waals surface area contributed by atoms with Gasteiger partial charge in [-0.2, -0.15) is 0 Å². The minimum absolute atomic E-state index is 0.151. The van der Waals surface area contributed by atoms with Gasteiger partial charge in [-0.05, 0) is 24.8 Å². The Morgan fingerprint density at radius 1 is 1.33 bits per heavy atom. The van der Waals surface area contributed by atoms with Crippen LogP contribution in [-0.2, 0) is 4.79 Å². The number of carbonyl (C=O) groups is 1. The summed E-state index contributed by atoms with van der Waals surface area (Å²) in [4.78, 5) is 17.8. The predicted octanol–water partition coefficient (Wildman–Crippen LogP) is 1.67. The van der Waals surface area contributed by atoms with E-state index in [1.54, 1.807) is 6.92 Å². The Balaban J connectivity index is 1.52. The molecule has 1 amide bonds. The van der Waals surface area contributed by atoms with Crippen molar-refractivity contribution >= 4 is 11.9 Å². The molecule has 24 heavy (non-hydrogen) atoms. The number of fused-ring (bicyclic) bond motifs is 1. The molecule has 2 aliphatic rings. The molecule has 1 atom stereocenters. The highest BCUT2D eigenvalue weighted by Crippen LogP contribution is 2.31. The Labute approximate surface area is 143 Å². The van der Waals surface area contributed by atoms with Gasteiger partial charge in [-0.3, -0.25) is 9.79 Å². The van der Waals surface area contributed by atoms with Crippen molar-refractivity contribution in [1.29, 1.82) is 0 Å². The summed E-state index contributed by atoms with van der Waals surface area (Å²) in [7, 11) is 0. The first-order valence-electron chi connectivity index (χ1n) is 8.67. The predicted molar refractivity (Wildman–Crippen MR) is 93.9 cm³/mol. The van der Waals surface area contributed by atoms with Gasteiger partial charge in [0, 0.05) is 38.5 Å². The maximum atomic E-state index is 11.4. The van der Waals surface area contributed by atoms with Crippen LogP contribution < -0.4 is 15.8 Å². The van der Waals surface area contributed by atoms with Crippen LogP contribution in [0.1, 0.15) is 37.8 Å². The average molecular weight is 330 g/mol. The molecule has 1 aromatic rings. The molecule has 0 aliphatic carbocycles. The first-order chi connectivity index (χ1) is 11.6. The second-order valence-electron chi connectivity index (χ2n) is 6.55. The molecule has 0 saturated carbocycles. The van der Waals surface area contributed by atoms with Crippen molar-refractivity contribution in [2.45, 2.75) is 32.2 Å². The number of rotatable bonds is 3. The van der Waals surface area contributed by atoms with Crippen LogP contribution >= 0.6 is 0 Å². The lowest BCUT2D eigenvalue weighted by molar-refractivity contribution is -0.130. The van der Waals surface area contributed by atoms with E-state index in [2.05, 4.69) is 16.4 Å². The molecule has 0 spiro atoms. The molecule has 1 saturated heterocycles. The van der Waals surface area contributed by atoms with E-state index in [0.717, 1.165) is 50.2 Å². The molecule has 1 aromatic carbocycles. The Hall–Kier alpha value is -2.24. The lowest BCUT2D eigenvalue weighted by Gasteiger charge is -2.30. The van der Waals surface area contributed by atoms with Crippen LogP contribution in [0.3, 0.4) is 0 Å². The molecule has 6 heteroatoms. The topological polar surface area (TPSA) is 80.0 Å². The zero-order chi connectivity index (χ0) is 16.9. The molecule has 1 fully saturated rings. The molecule has 2 heterocycles. The van der Waals surface area contributed by atoms with Crippen molar-refractivity contribution in [2.24, 2.45) is 16.6 Å². The third kappa shape index (κ3) is 3.99. The Morgan fingerprint density at radius 2 is 2.08 bits per heavy atom. The number of benzene rings is 1. The van der Waals surface area contributed by atoms with Crippen molar-refractivity contribution in [2.75, 3.05) is 26.2 Å². The normalized spacial score (nSPS) is 21.8. The number of nitrogens with zero attached hydrogens (tertiary/aromatic N) is 2. The maximum Gasteiger partial charge on any atom is 0.219 e. The molecule has 3 rings (SSSR count). The van der Waals surface area contributed by atoms with Crippen LogP contribution in [0.5, 0.6) is 5.75 Å². The van der Waals surface area contributed by atoms with E-state index in [-0.39, 0.29) is 11.9 Å². The largest absolute Gasteiger partial charge is 0.493 e. The van der Waals surface area contributed by atoms with E-state index in [1.807, 2.05) is 23.1 Å². The Bertz CT molecular complexity index is 609. The number of piperidine rings is 1. The number of guanidine groups is 1. The number of aliphatic imine (C=N–C) groups is 1. The first kappa shape index (κ1) is 16.6. The minimum atomic E-state index is 0.151. The number of nitrogens with two attached hydrogens (primary N) is 1. The van der Waals surface area contributed by atoms with Gasteiger partial charge >= 0.3 is 0 Å². The van der Waals surface area contributed by atoms with E-state index >= 15 is 0 Å². The van der Waals surface area contributed by atoms with Gasteiger partial charge in [0.1, 0.15) is 5.75 Å². The molecular weight excluding hydrogens is 304 g/mol. The fraction of sp³-hybridized carbons (Fsp3) is 0.556. The fourth-order valence-corrected chi connectivity index (χ4v) is 3.37. The van der Waals surface area contributed by atoms with Crippen LogP contribution in [0.25, 0.3) is 0 Å². The summed E-state index contributed by atoms with van der Waals surface area (Å²) >= 11 is 0. The first-order valence-corrected chi connectivity index (χ1v) is 8.67. The molecule has 0 radical (unpaired) electrons. The van der Waals surface area contributed by atoms with Gasteiger partial charge < -0.3 is 20.7 Å². The lowest BCUT2D eigenvalue weighted by Crippen LogP contribution is -2.39. The number of para-hydroxylation sites is 1. The highest BCUT2D eigenvalue weighted by molar-refractivity contribution is 5.78. The number of amides is 1. The molecular formula is C18H26N4O2. The third-order valence-electron chi connectivity index (χ3n) is 4.86. The number of likely N-dealkylation sites (tertiary alicyclic amines) is 1. The van der Waals surface area contributed by atoms with Gasteiger partial charge in [-0.1, -0.05) is 18.2 Å². The van der Waals surface area contributed by atoms with Crippen LogP contribution in [0.4, 0.5) is 0 Å². The quantitative estimate of drug-likeness (QED) is 0.653. The Morgan fingerprint density at radius 3 is 2.83 bits per heavy atom. The summed E-state index contributed by atoms with van der Waals surface area (Å²) in [5.41, 5.74) is 7.22. The van der Waals surface area contributed by atoms with Gasteiger partial charge in [0.15, 0.2) is 5.96 Å². The van der Waals surface area contributed by atoms with Gasteiger partial charge in [-0.25, -0.2) is 0 Å². The van der Waals surface area contributed by atoms with Crippen LogP contribution in [0.2, 0.25) is 0 Å². The van der Waals surface area contributed by atoms with Gasteiger partial charge in [-0.15, -0.1) is 0 Å². The number of nitrogens with one attached hydrogen (secondary N) is 1. The molecule has 3 N–H and O–H groups in total. The Kier molecular flexibility index (Phi) is 5.23. The van der Waals surface area contributed by atoms with E-state index in [0.29, 0.717) is 18.5 Å². The summed E-state index contributed by atoms with van der Waals surface area (Å²) < 4.78 is 5.67. The van der Waals surface area contributed by atoms with Crippen LogP contribution in [-0.4, -0.2) is 43.0 Å². The van der Waals surface area contributed by atoms with E-state index < -0.39 is 0 Å². The smallest absolute Gasteiger partial charge is 0.219 e. The standard InChI is InChI=1S/C18H26N4O2/c1-13(23)22-9-6-14(7-10-22)12-20-18(19)21-16-8-11-24-17-5-3-2-4-15(16)17/h2-5,14,16H,6-12H2,1H3,(H3,19,20,21). The highest BCUT2D eigenvalue weighted by Gasteiger charge is 2.22. The highest BCUT2D eigenvalue weighted by atomic mass is 16.5. The van der Waals surface area contributed by atoms with Gasteiger partial charge in [0.25, 0.3) is 0 Å². The van der Waals surface area contributed by atoms with Crippen LogP contribution in [0.15, 0.2) is 29.3 Å². The molecule has 130 valence electrons. The van der Waals surface area contributed by atoms with Crippen molar-refractivity contribution in [3.05, 3.63) is 29.8 Å². The van der Waals surface area contributed by atoms with E-state index in [1.165, 1.54) is 0 Å². The zero-order valence-corrected chi connectivity index (χ0v) is 14.2. The summed E-state index contributed by atoms with van der Waals surface area (Å²) in [6, 6.07) is 8.19. The molecule has 0 bridgehead atoms.